The molecule has 0 unspecified atom stereocenters. The van der Waals surface area contributed by atoms with Gasteiger partial charge in [0.2, 0.25) is 5.91 Å². The van der Waals surface area contributed by atoms with E-state index in [1.807, 2.05) is 30.0 Å². The van der Waals surface area contributed by atoms with Gasteiger partial charge in [-0.2, -0.15) is 0 Å². The van der Waals surface area contributed by atoms with Crippen molar-refractivity contribution in [3.05, 3.63) is 35.9 Å². The number of rotatable bonds is 7. The fourth-order valence-electron chi connectivity index (χ4n) is 2.18. The zero-order chi connectivity index (χ0) is 14.3. The van der Waals surface area contributed by atoms with Crippen LogP contribution in [0, 0.1) is 5.92 Å². The van der Waals surface area contributed by atoms with Gasteiger partial charge in [0.05, 0.1) is 6.04 Å². The van der Waals surface area contributed by atoms with Crippen LogP contribution in [0.2, 0.25) is 0 Å². The lowest BCUT2D eigenvalue weighted by atomic mass is 10.0. The van der Waals surface area contributed by atoms with E-state index >= 15 is 0 Å². The Morgan fingerprint density at radius 1 is 1.26 bits per heavy atom. The summed E-state index contributed by atoms with van der Waals surface area (Å²) in [5.41, 5.74) is 7.23. The van der Waals surface area contributed by atoms with E-state index in [1.54, 1.807) is 0 Å². The summed E-state index contributed by atoms with van der Waals surface area (Å²) in [4.78, 5) is 14.1. The first-order valence-electron chi connectivity index (χ1n) is 7.12. The molecule has 0 bridgehead atoms. The fraction of sp³-hybridized carbons (Fsp3) is 0.562. The number of amides is 1. The molecule has 1 aromatic carbocycles. The topological polar surface area (TPSA) is 46.3 Å². The molecule has 0 fully saturated rings. The van der Waals surface area contributed by atoms with Crippen molar-refractivity contribution < 1.29 is 4.79 Å². The summed E-state index contributed by atoms with van der Waals surface area (Å²) in [6.07, 6.45) is 1.63. The second-order valence-corrected chi connectivity index (χ2v) is 5.39. The van der Waals surface area contributed by atoms with Gasteiger partial charge in [-0.15, -0.1) is 0 Å². The quantitative estimate of drug-likeness (QED) is 0.820. The van der Waals surface area contributed by atoms with Crippen molar-refractivity contribution in [3.8, 4) is 0 Å². The Hall–Kier alpha value is -1.35. The molecule has 0 heterocycles. The molecule has 0 saturated carbocycles. The minimum atomic E-state index is -0.365. The molecule has 3 heteroatoms. The van der Waals surface area contributed by atoms with Gasteiger partial charge in [-0.1, -0.05) is 44.2 Å². The third-order valence-electron chi connectivity index (χ3n) is 3.25. The van der Waals surface area contributed by atoms with Gasteiger partial charge in [0.25, 0.3) is 0 Å². The van der Waals surface area contributed by atoms with E-state index < -0.39 is 0 Å². The molecule has 1 atom stereocenters. The first-order chi connectivity index (χ1) is 9.04. The Balaban J connectivity index is 2.51. The van der Waals surface area contributed by atoms with E-state index in [9.17, 15) is 4.79 Å². The van der Waals surface area contributed by atoms with Gasteiger partial charge in [-0.25, -0.2) is 0 Å². The Bertz CT molecular complexity index is 376. The number of nitrogens with zero attached hydrogens (tertiary/aromatic N) is 1. The van der Waals surface area contributed by atoms with Crippen molar-refractivity contribution in [3.63, 3.8) is 0 Å². The van der Waals surface area contributed by atoms with Crippen molar-refractivity contribution in [2.75, 3.05) is 13.1 Å². The van der Waals surface area contributed by atoms with Crippen molar-refractivity contribution in [1.82, 2.24) is 4.90 Å². The van der Waals surface area contributed by atoms with Crippen molar-refractivity contribution in [2.24, 2.45) is 11.7 Å². The first-order valence-corrected chi connectivity index (χ1v) is 7.12. The summed E-state index contributed by atoms with van der Waals surface area (Å²) in [6.45, 7) is 7.65. The molecule has 0 aromatic heterocycles. The molecule has 106 valence electrons. The third kappa shape index (κ3) is 5.43. The molecule has 0 spiro atoms. The highest BCUT2D eigenvalue weighted by Crippen LogP contribution is 2.07. The molecule has 3 nitrogen and oxygen atoms in total. The maximum absolute atomic E-state index is 12.2. The molecule has 19 heavy (non-hydrogen) atoms. The molecule has 2 N–H and O–H groups in total. The molecule has 1 rings (SSSR count). The van der Waals surface area contributed by atoms with Gasteiger partial charge in [0, 0.05) is 13.1 Å². The fourth-order valence-corrected chi connectivity index (χ4v) is 2.18. The minimum Gasteiger partial charge on any atom is -0.341 e. The normalized spacial score (nSPS) is 12.5. The molecule has 0 aliphatic heterocycles. The van der Waals surface area contributed by atoms with Crippen molar-refractivity contribution in [2.45, 2.75) is 39.7 Å². The van der Waals surface area contributed by atoms with Crippen LogP contribution in [0.1, 0.15) is 32.8 Å². The van der Waals surface area contributed by atoms with Gasteiger partial charge in [-0.05, 0) is 31.2 Å². The van der Waals surface area contributed by atoms with Crippen LogP contribution in [-0.2, 0) is 11.2 Å². The molecule has 0 saturated heterocycles. The molecular formula is C16H26N2O. The average molecular weight is 262 g/mol. The Morgan fingerprint density at radius 2 is 1.89 bits per heavy atom. The van der Waals surface area contributed by atoms with E-state index in [0.29, 0.717) is 5.92 Å². The predicted molar refractivity (Wildman–Crippen MR) is 79.8 cm³/mol. The lowest BCUT2D eigenvalue weighted by Gasteiger charge is -2.25. The van der Waals surface area contributed by atoms with Crippen LogP contribution in [-0.4, -0.2) is 29.9 Å². The van der Waals surface area contributed by atoms with Crippen LogP contribution in [0.15, 0.2) is 30.3 Å². The summed E-state index contributed by atoms with van der Waals surface area (Å²) < 4.78 is 0. The number of likely N-dealkylation sites (N-methyl/N-ethyl adjacent to an activating group) is 1. The molecule has 0 aliphatic rings. The van der Waals surface area contributed by atoms with Gasteiger partial charge in [0.15, 0.2) is 0 Å². The lowest BCUT2D eigenvalue weighted by molar-refractivity contribution is -0.132. The van der Waals surface area contributed by atoms with Gasteiger partial charge in [0.1, 0.15) is 0 Å². The minimum absolute atomic E-state index is 0.0760. The van der Waals surface area contributed by atoms with Crippen LogP contribution in [0.4, 0.5) is 0 Å². The predicted octanol–water partition coefficient (Wildman–Crippen LogP) is 2.45. The molecule has 1 aromatic rings. The second kappa shape index (κ2) is 7.95. The number of carbonyl (C=O) groups is 1. The first kappa shape index (κ1) is 15.7. The summed E-state index contributed by atoms with van der Waals surface area (Å²) in [7, 11) is 0. The lowest BCUT2D eigenvalue weighted by Crippen LogP contribution is -2.45. The summed E-state index contributed by atoms with van der Waals surface area (Å²) in [5.74, 6) is 0.527. The monoisotopic (exact) mass is 262 g/mol. The van der Waals surface area contributed by atoms with Crippen LogP contribution >= 0.6 is 0 Å². The zero-order valence-electron chi connectivity index (χ0n) is 12.3. The van der Waals surface area contributed by atoms with E-state index in [1.165, 1.54) is 5.56 Å². The van der Waals surface area contributed by atoms with E-state index in [0.717, 1.165) is 25.9 Å². The molecule has 1 amide bonds. The van der Waals surface area contributed by atoms with Gasteiger partial charge >= 0.3 is 0 Å². The standard InChI is InChI=1S/C16H26N2O/c1-4-18(16(19)15(17)12-13(2)3)11-10-14-8-6-5-7-9-14/h5-9,13,15H,4,10-12,17H2,1-3H3/t15-/m1/s1. The molecule has 0 radical (unpaired) electrons. The van der Waals surface area contributed by atoms with E-state index in [4.69, 9.17) is 5.73 Å². The maximum Gasteiger partial charge on any atom is 0.239 e. The highest BCUT2D eigenvalue weighted by atomic mass is 16.2. The summed E-state index contributed by atoms with van der Waals surface area (Å²) in [6, 6.07) is 9.87. The second-order valence-electron chi connectivity index (χ2n) is 5.39. The number of hydrogen-bond donors (Lipinski definition) is 1. The highest BCUT2D eigenvalue weighted by Gasteiger charge is 2.20. The van der Waals surface area contributed by atoms with Crippen LogP contribution in [0.5, 0.6) is 0 Å². The smallest absolute Gasteiger partial charge is 0.239 e. The zero-order valence-corrected chi connectivity index (χ0v) is 12.3. The van der Waals surface area contributed by atoms with Gasteiger partial charge < -0.3 is 10.6 Å². The Labute approximate surface area is 116 Å². The van der Waals surface area contributed by atoms with Crippen molar-refractivity contribution in [1.29, 1.82) is 0 Å². The highest BCUT2D eigenvalue weighted by molar-refractivity contribution is 5.81. The Kier molecular flexibility index (Phi) is 6.57. The van der Waals surface area contributed by atoms with E-state index in [-0.39, 0.29) is 11.9 Å². The molecule has 0 aliphatic carbocycles. The molecular weight excluding hydrogens is 236 g/mol. The van der Waals surface area contributed by atoms with Crippen LogP contribution < -0.4 is 5.73 Å². The number of nitrogens with two attached hydrogens (primary N) is 1. The average Bonchev–Trinajstić information content (AvgIpc) is 2.39. The number of hydrogen-bond acceptors (Lipinski definition) is 2. The number of benzene rings is 1. The SMILES string of the molecule is CCN(CCc1ccccc1)C(=O)[C@H](N)CC(C)C. The Morgan fingerprint density at radius 3 is 2.42 bits per heavy atom. The summed E-state index contributed by atoms with van der Waals surface area (Å²) >= 11 is 0. The third-order valence-corrected chi connectivity index (χ3v) is 3.25. The van der Waals surface area contributed by atoms with Crippen LogP contribution in [0.25, 0.3) is 0 Å². The largest absolute Gasteiger partial charge is 0.341 e. The van der Waals surface area contributed by atoms with Crippen LogP contribution in [0.3, 0.4) is 0 Å². The number of carbonyl (C=O) groups excluding carboxylic acids is 1. The summed E-state index contributed by atoms with van der Waals surface area (Å²) in [5, 5.41) is 0. The van der Waals surface area contributed by atoms with Gasteiger partial charge in [-0.3, -0.25) is 4.79 Å². The van der Waals surface area contributed by atoms with E-state index in [2.05, 4.69) is 26.0 Å². The maximum atomic E-state index is 12.2. The van der Waals surface area contributed by atoms with Crippen molar-refractivity contribution >= 4 is 5.91 Å².